The molecule has 0 aliphatic heterocycles. The van der Waals surface area contributed by atoms with Crippen molar-refractivity contribution in [3.05, 3.63) is 71.8 Å². The van der Waals surface area contributed by atoms with Gasteiger partial charge in [0.1, 0.15) is 11.8 Å². The van der Waals surface area contributed by atoms with E-state index in [9.17, 15) is 14.4 Å². The Labute approximate surface area is 152 Å². The molecule has 5 nitrogen and oxygen atoms in total. The van der Waals surface area contributed by atoms with Crippen LogP contribution in [0, 0.1) is 5.92 Å². The smallest absolute Gasteiger partial charge is 0.318 e. The van der Waals surface area contributed by atoms with E-state index in [2.05, 4.69) is 0 Å². The number of carbonyl (C=O) groups is 3. The number of ether oxygens (including phenoxy) is 2. The Morgan fingerprint density at radius 2 is 1.27 bits per heavy atom. The first-order valence-electron chi connectivity index (χ1n) is 8.57. The van der Waals surface area contributed by atoms with Gasteiger partial charge in [-0.3, -0.25) is 14.4 Å². The van der Waals surface area contributed by atoms with Gasteiger partial charge in [0.2, 0.25) is 0 Å². The van der Waals surface area contributed by atoms with Gasteiger partial charge in [-0.2, -0.15) is 0 Å². The fourth-order valence-electron chi connectivity index (χ4n) is 2.77. The summed E-state index contributed by atoms with van der Waals surface area (Å²) < 4.78 is 10.3. The molecule has 0 radical (unpaired) electrons. The van der Waals surface area contributed by atoms with E-state index >= 15 is 0 Å². The van der Waals surface area contributed by atoms with Gasteiger partial charge in [0.15, 0.2) is 5.78 Å². The van der Waals surface area contributed by atoms with Crippen LogP contribution < -0.4 is 0 Å². The van der Waals surface area contributed by atoms with Crippen LogP contribution in [0.4, 0.5) is 0 Å². The first-order valence-corrected chi connectivity index (χ1v) is 8.57. The zero-order valence-corrected chi connectivity index (χ0v) is 14.9. The van der Waals surface area contributed by atoms with E-state index in [-0.39, 0.29) is 13.2 Å². The van der Waals surface area contributed by atoms with Crippen LogP contribution in [-0.2, 0) is 19.1 Å². The summed E-state index contributed by atoms with van der Waals surface area (Å²) in [4.78, 5) is 38.4. The third kappa shape index (κ3) is 4.57. The number of esters is 2. The standard InChI is InChI=1S/C21H22O5/c1-3-25-20(23)17(15-11-7-5-8-12-15)18(21(24)26-4-2)19(22)16-13-9-6-10-14-16/h5-14,17-18H,3-4H2,1-2H3. The molecule has 2 unspecified atom stereocenters. The molecule has 2 aromatic rings. The predicted octanol–water partition coefficient (Wildman–Crippen LogP) is 3.40. The highest BCUT2D eigenvalue weighted by molar-refractivity contribution is 6.12. The quantitative estimate of drug-likeness (QED) is 0.413. The van der Waals surface area contributed by atoms with E-state index in [0.717, 1.165) is 0 Å². The second-order valence-corrected chi connectivity index (χ2v) is 5.60. The molecule has 0 saturated carbocycles. The number of rotatable bonds is 8. The summed E-state index contributed by atoms with van der Waals surface area (Å²) in [6.07, 6.45) is 0. The summed E-state index contributed by atoms with van der Waals surface area (Å²) in [7, 11) is 0. The van der Waals surface area contributed by atoms with Gasteiger partial charge in [-0.05, 0) is 19.4 Å². The van der Waals surface area contributed by atoms with Crippen molar-refractivity contribution in [2.75, 3.05) is 13.2 Å². The third-order valence-corrected chi connectivity index (χ3v) is 3.91. The normalized spacial score (nSPS) is 12.7. The fraction of sp³-hybridized carbons (Fsp3) is 0.286. The topological polar surface area (TPSA) is 69.7 Å². The van der Waals surface area contributed by atoms with Gasteiger partial charge in [0, 0.05) is 5.56 Å². The lowest BCUT2D eigenvalue weighted by atomic mass is 9.81. The number of carbonyl (C=O) groups excluding carboxylic acids is 3. The minimum absolute atomic E-state index is 0.113. The lowest BCUT2D eigenvalue weighted by molar-refractivity contribution is -0.155. The van der Waals surface area contributed by atoms with Crippen molar-refractivity contribution in [2.24, 2.45) is 5.92 Å². The Morgan fingerprint density at radius 1 is 0.769 bits per heavy atom. The van der Waals surface area contributed by atoms with E-state index in [1.807, 2.05) is 0 Å². The first-order chi connectivity index (χ1) is 12.6. The highest BCUT2D eigenvalue weighted by Crippen LogP contribution is 2.30. The largest absolute Gasteiger partial charge is 0.465 e. The van der Waals surface area contributed by atoms with Crippen LogP contribution >= 0.6 is 0 Å². The fourth-order valence-corrected chi connectivity index (χ4v) is 2.77. The average molecular weight is 354 g/mol. The zero-order valence-electron chi connectivity index (χ0n) is 14.9. The van der Waals surface area contributed by atoms with Crippen LogP contribution in [0.2, 0.25) is 0 Å². The Bertz CT molecular complexity index is 740. The summed E-state index contributed by atoms with van der Waals surface area (Å²) in [5, 5.41) is 0. The van der Waals surface area contributed by atoms with E-state index in [4.69, 9.17) is 9.47 Å². The molecule has 2 atom stereocenters. The van der Waals surface area contributed by atoms with Crippen molar-refractivity contribution in [3.8, 4) is 0 Å². The molecule has 0 spiro atoms. The molecule has 2 rings (SSSR count). The minimum Gasteiger partial charge on any atom is -0.465 e. The number of benzene rings is 2. The lowest BCUT2D eigenvalue weighted by Crippen LogP contribution is -2.36. The van der Waals surface area contributed by atoms with E-state index < -0.39 is 29.6 Å². The van der Waals surface area contributed by atoms with Crippen LogP contribution in [0.5, 0.6) is 0 Å². The molecule has 0 saturated heterocycles. The molecule has 0 aliphatic carbocycles. The molecule has 5 heteroatoms. The molecular formula is C21H22O5. The maximum absolute atomic E-state index is 13.1. The second kappa shape index (κ2) is 9.51. The predicted molar refractivity (Wildman–Crippen MR) is 96.7 cm³/mol. The van der Waals surface area contributed by atoms with Gasteiger partial charge in [-0.15, -0.1) is 0 Å². The number of ketones is 1. The molecule has 0 heterocycles. The SMILES string of the molecule is CCOC(=O)C(C(=O)c1ccccc1)C(C(=O)OCC)c1ccccc1. The Balaban J connectivity index is 2.52. The number of hydrogen-bond donors (Lipinski definition) is 0. The van der Waals surface area contributed by atoms with Crippen LogP contribution in [0.25, 0.3) is 0 Å². The second-order valence-electron chi connectivity index (χ2n) is 5.60. The maximum Gasteiger partial charge on any atom is 0.318 e. The average Bonchev–Trinajstić information content (AvgIpc) is 2.67. The molecular weight excluding hydrogens is 332 g/mol. The Morgan fingerprint density at radius 3 is 1.81 bits per heavy atom. The highest BCUT2D eigenvalue weighted by Gasteiger charge is 2.42. The number of Topliss-reactive ketones (excluding diaryl/α,β-unsaturated/α-hetero) is 1. The highest BCUT2D eigenvalue weighted by atomic mass is 16.5. The minimum atomic E-state index is -1.31. The van der Waals surface area contributed by atoms with Gasteiger partial charge < -0.3 is 9.47 Å². The van der Waals surface area contributed by atoms with Crippen LogP contribution in [0.1, 0.15) is 35.7 Å². The summed E-state index contributed by atoms with van der Waals surface area (Å²) in [5.74, 6) is -4.20. The van der Waals surface area contributed by atoms with Gasteiger partial charge in [0.05, 0.1) is 13.2 Å². The Kier molecular flexibility index (Phi) is 7.09. The summed E-state index contributed by atoms with van der Waals surface area (Å²) in [6.45, 7) is 3.60. The van der Waals surface area contributed by atoms with Crippen LogP contribution in [0.3, 0.4) is 0 Å². The number of hydrogen-bond acceptors (Lipinski definition) is 5. The maximum atomic E-state index is 13.1. The van der Waals surface area contributed by atoms with Gasteiger partial charge >= 0.3 is 11.9 Å². The molecule has 2 aromatic carbocycles. The van der Waals surface area contributed by atoms with E-state index in [1.165, 1.54) is 0 Å². The first kappa shape index (κ1) is 19.4. The molecule has 0 aromatic heterocycles. The van der Waals surface area contributed by atoms with Crippen molar-refractivity contribution in [1.29, 1.82) is 0 Å². The summed E-state index contributed by atoms with van der Waals surface area (Å²) >= 11 is 0. The third-order valence-electron chi connectivity index (χ3n) is 3.91. The molecule has 0 amide bonds. The summed E-state index contributed by atoms with van der Waals surface area (Å²) in [6, 6.07) is 17.1. The van der Waals surface area contributed by atoms with Crippen molar-refractivity contribution in [2.45, 2.75) is 19.8 Å². The van der Waals surface area contributed by atoms with Crippen LogP contribution in [0.15, 0.2) is 60.7 Å². The van der Waals surface area contributed by atoms with Gasteiger partial charge in [-0.25, -0.2) is 0 Å². The molecule has 136 valence electrons. The molecule has 0 bridgehead atoms. The summed E-state index contributed by atoms with van der Waals surface area (Å²) in [5.41, 5.74) is 0.879. The van der Waals surface area contributed by atoms with Crippen molar-refractivity contribution in [1.82, 2.24) is 0 Å². The van der Waals surface area contributed by atoms with Crippen molar-refractivity contribution >= 4 is 17.7 Å². The Hall–Kier alpha value is -2.95. The van der Waals surface area contributed by atoms with Crippen molar-refractivity contribution in [3.63, 3.8) is 0 Å². The van der Waals surface area contributed by atoms with Gasteiger partial charge in [0.25, 0.3) is 0 Å². The molecule has 26 heavy (non-hydrogen) atoms. The van der Waals surface area contributed by atoms with Crippen LogP contribution in [-0.4, -0.2) is 30.9 Å². The monoisotopic (exact) mass is 354 g/mol. The van der Waals surface area contributed by atoms with E-state index in [0.29, 0.717) is 11.1 Å². The molecule has 0 N–H and O–H groups in total. The van der Waals surface area contributed by atoms with E-state index in [1.54, 1.807) is 74.5 Å². The van der Waals surface area contributed by atoms with Crippen molar-refractivity contribution < 1.29 is 23.9 Å². The molecule has 0 aliphatic rings. The molecule has 0 fully saturated rings. The lowest BCUT2D eigenvalue weighted by Gasteiger charge is -2.23. The van der Waals surface area contributed by atoms with Gasteiger partial charge in [-0.1, -0.05) is 60.7 Å². The zero-order chi connectivity index (χ0) is 18.9.